The van der Waals surface area contributed by atoms with Crippen LogP contribution in [0.2, 0.25) is 0 Å². The van der Waals surface area contributed by atoms with Crippen molar-refractivity contribution in [3.8, 4) is 0 Å². The molecule has 35 heavy (non-hydrogen) atoms. The fourth-order valence-electron chi connectivity index (χ4n) is 3.53. The van der Waals surface area contributed by atoms with E-state index in [4.69, 9.17) is 0 Å². The molecule has 1 heterocycles. The third-order valence-corrected chi connectivity index (χ3v) is 7.33. The quantitative estimate of drug-likeness (QED) is 0.272. The summed E-state index contributed by atoms with van der Waals surface area (Å²) in [7, 11) is -4.05. The summed E-state index contributed by atoms with van der Waals surface area (Å²) >= 11 is 0. The highest BCUT2D eigenvalue weighted by Gasteiger charge is 2.31. The van der Waals surface area contributed by atoms with Gasteiger partial charge in [0.25, 0.3) is 5.91 Å². The maximum Gasteiger partial charge on any atom is 0.305 e. The topological polar surface area (TPSA) is 141 Å². The molecular weight excluding hydrogens is 468 g/mol. The number of aromatic nitrogens is 2. The normalized spacial score (nSPS) is 12.0. The maximum absolute atomic E-state index is 13.4. The van der Waals surface area contributed by atoms with E-state index in [1.165, 1.54) is 18.2 Å². The molecule has 0 saturated heterocycles. The molecule has 0 fully saturated rings. The van der Waals surface area contributed by atoms with Gasteiger partial charge in [-0.05, 0) is 48.0 Å². The Hall–Kier alpha value is -4.44. The monoisotopic (exact) mass is 490 g/mol. The van der Waals surface area contributed by atoms with E-state index >= 15 is 0 Å². The number of sulfone groups is 1. The van der Waals surface area contributed by atoms with Crippen LogP contribution in [0.15, 0.2) is 96.2 Å². The molecule has 0 radical (unpaired) electrons. The number of nitrogens with zero attached hydrogens (tertiary/aromatic N) is 1. The van der Waals surface area contributed by atoms with E-state index in [0.717, 1.165) is 5.69 Å². The summed E-state index contributed by atoms with van der Waals surface area (Å²) in [5, 5.41) is 13.8. The number of H-pyrrole nitrogens is 1. The van der Waals surface area contributed by atoms with Crippen molar-refractivity contribution in [3.63, 3.8) is 0 Å². The van der Waals surface area contributed by atoms with Crippen molar-refractivity contribution in [1.29, 1.82) is 0 Å². The molecule has 4 rings (SSSR count). The van der Waals surface area contributed by atoms with Crippen LogP contribution in [0.5, 0.6) is 0 Å². The van der Waals surface area contributed by atoms with E-state index in [2.05, 4.69) is 20.6 Å². The van der Waals surface area contributed by atoms with Crippen molar-refractivity contribution in [3.05, 3.63) is 102 Å². The Balaban J connectivity index is 1.53. The summed E-state index contributed by atoms with van der Waals surface area (Å²) in [6.07, 6.45) is 2.71. The molecule has 0 aliphatic heterocycles. The molecule has 3 aromatic carbocycles. The van der Waals surface area contributed by atoms with Gasteiger partial charge in [-0.25, -0.2) is 13.4 Å². The van der Waals surface area contributed by atoms with Crippen LogP contribution in [0.1, 0.15) is 27.6 Å². The van der Waals surface area contributed by atoms with Crippen LogP contribution in [0, 0.1) is 0 Å². The highest BCUT2D eigenvalue weighted by atomic mass is 32.2. The lowest BCUT2D eigenvalue weighted by molar-refractivity contribution is -0.137. The molecule has 0 bridgehead atoms. The summed E-state index contributed by atoms with van der Waals surface area (Å²) < 4.78 is 26.7. The minimum atomic E-state index is -4.05. The summed E-state index contributed by atoms with van der Waals surface area (Å²) in [5.74, 6) is -1.08. The number of carbonyl (C=O) groups is 2. The Morgan fingerprint density at radius 2 is 1.69 bits per heavy atom. The Bertz CT molecular complexity index is 1420. The lowest BCUT2D eigenvalue weighted by atomic mass is 10.1. The zero-order valence-electron chi connectivity index (χ0n) is 18.4. The Morgan fingerprint density at radius 3 is 2.34 bits per heavy atom. The molecular formula is C25H22N4O5S. The number of hydrogen-bond acceptors (Lipinski definition) is 6. The van der Waals surface area contributed by atoms with E-state index in [0.29, 0.717) is 17.1 Å². The fraction of sp³-hybridized carbons (Fsp3) is 0.0800. The minimum Gasteiger partial charge on any atom is -0.481 e. The summed E-state index contributed by atoms with van der Waals surface area (Å²) in [4.78, 5) is 31.0. The number of carbonyl (C=O) groups excluding carboxylic acids is 1. The van der Waals surface area contributed by atoms with Gasteiger partial charge >= 0.3 is 5.97 Å². The fourth-order valence-corrected chi connectivity index (χ4v) is 5.29. The SMILES string of the molecule is O=C(O)CC(c1ccccc1)S(=O)(=O)c1cccc(NC(=O)c2ccc(Nc3ncc[nH]3)cc2)c1. The third kappa shape index (κ3) is 5.74. The van der Waals surface area contributed by atoms with Gasteiger partial charge in [0.05, 0.1) is 11.3 Å². The molecule has 10 heteroatoms. The number of carboxylic acids is 1. The number of carboxylic acid groups (broad SMARTS) is 1. The van der Waals surface area contributed by atoms with Crippen LogP contribution in [0.3, 0.4) is 0 Å². The van der Waals surface area contributed by atoms with Gasteiger partial charge in [-0.1, -0.05) is 36.4 Å². The standard InChI is InChI=1S/C25H22N4O5S/c30-23(31)16-22(17-5-2-1-3-6-17)35(33,34)21-8-4-7-20(15-21)28-24(32)18-9-11-19(12-10-18)29-25-26-13-14-27-25/h1-15,22H,16H2,(H,28,32)(H,30,31)(H2,26,27,29). The molecule has 9 nitrogen and oxygen atoms in total. The first-order chi connectivity index (χ1) is 16.8. The van der Waals surface area contributed by atoms with Crippen LogP contribution in [0.4, 0.5) is 17.3 Å². The van der Waals surface area contributed by atoms with E-state index in [1.54, 1.807) is 73.1 Å². The van der Waals surface area contributed by atoms with Crippen molar-refractivity contribution >= 4 is 39.0 Å². The first kappa shape index (κ1) is 23.7. The predicted octanol–water partition coefficient (Wildman–Crippen LogP) is 4.40. The van der Waals surface area contributed by atoms with Crippen molar-refractivity contribution in [2.45, 2.75) is 16.6 Å². The number of nitrogens with one attached hydrogen (secondary N) is 3. The van der Waals surface area contributed by atoms with Crippen LogP contribution >= 0.6 is 0 Å². The van der Waals surface area contributed by atoms with Crippen LogP contribution < -0.4 is 10.6 Å². The summed E-state index contributed by atoms with van der Waals surface area (Å²) in [6.45, 7) is 0. The van der Waals surface area contributed by atoms with E-state index in [-0.39, 0.29) is 10.6 Å². The molecule has 0 saturated carbocycles. The predicted molar refractivity (Wildman–Crippen MR) is 131 cm³/mol. The second-order valence-corrected chi connectivity index (χ2v) is 9.79. The number of anilines is 3. The van der Waals surface area contributed by atoms with Gasteiger partial charge in [0.15, 0.2) is 9.84 Å². The van der Waals surface area contributed by atoms with Gasteiger partial charge in [-0.15, -0.1) is 0 Å². The van der Waals surface area contributed by atoms with Gasteiger partial charge in [0.2, 0.25) is 5.95 Å². The number of aliphatic carboxylic acids is 1. The largest absolute Gasteiger partial charge is 0.481 e. The second kappa shape index (κ2) is 10.2. The second-order valence-electron chi connectivity index (χ2n) is 7.66. The zero-order valence-corrected chi connectivity index (χ0v) is 19.2. The number of imidazole rings is 1. The number of aromatic amines is 1. The van der Waals surface area contributed by atoms with Gasteiger partial charge in [-0.3, -0.25) is 9.59 Å². The zero-order chi connectivity index (χ0) is 24.8. The molecule has 0 aliphatic carbocycles. The number of rotatable bonds is 9. The van der Waals surface area contributed by atoms with E-state index < -0.39 is 33.4 Å². The first-order valence-electron chi connectivity index (χ1n) is 10.6. The molecule has 0 aliphatic rings. The smallest absolute Gasteiger partial charge is 0.305 e. The van der Waals surface area contributed by atoms with Gasteiger partial charge in [-0.2, -0.15) is 0 Å². The third-order valence-electron chi connectivity index (χ3n) is 5.23. The van der Waals surface area contributed by atoms with Gasteiger partial charge in [0.1, 0.15) is 5.25 Å². The average Bonchev–Trinajstić information content (AvgIpc) is 3.36. The Morgan fingerprint density at radius 1 is 0.943 bits per heavy atom. The van der Waals surface area contributed by atoms with Crippen LogP contribution in [0.25, 0.3) is 0 Å². The molecule has 178 valence electrons. The molecule has 1 atom stereocenters. The number of hydrogen-bond donors (Lipinski definition) is 4. The van der Waals surface area contributed by atoms with Crippen LogP contribution in [-0.2, 0) is 14.6 Å². The average molecular weight is 491 g/mol. The lowest BCUT2D eigenvalue weighted by Gasteiger charge is -2.17. The maximum atomic E-state index is 13.4. The van der Waals surface area contributed by atoms with Crippen molar-refractivity contribution < 1.29 is 23.1 Å². The molecule has 1 aromatic heterocycles. The number of amides is 1. The first-order valence-corrected chi connectivity index (χ1v) is 12.2. The van der Waals surface area contributed by atoms with E-state index in [1.807, 2.05) is 0 Å². The highest BCUT2D eigenvalue weighted by Crippen LogP contribution is 2.33. The lowest BCUT2D eigenvalue weighted by Crippen LogP contribution is -2.18. The Kier molecular flexibility index (Phi) is 6.93. The number of benzene rings is 3. The highest BCUT2D eigenvalue weighted by molar-refractivity contribution is 7.91. The summed E-state index contributed by atoms with van der Waals surface area (Å²) in [5.41, 5.74) is 1.76. The van der Waals surface area contributed by atoms with Crippen LogP contribution in [-0.4, -0.2) is 35.4 Å². The molecule has 0 spiro atoms. The van der Waals surface area contributed by atoms with E-state index in [9.17, 15) is 23.1 Å². The Labute approximate surface area is 201 Å². The molecule has 1 unspecified atom stereocenters. The summed E-state index contributed by atoms with van der Waals surface area (Å²) in [6, 6.07) is 20.7. The molecule has 1 amide bonds. The van der Waals surface area contributed by atoms with Crippen molar-refractivity contribution in [2.75, 3.05) is 10.6 Å². The van der Waals surface area contributed by atoms with Crippen molar-refractivity contribution in [2.24, 2.45) is 0 Å². The molecule has 4 N–H and O–H groups in total. The van der Waals surface area contributed by atoms with Crippen molar-refractivity contribution in [1.82, 2.24) is 9.97 Å². The van der Waals surface area contributed by atoms with Gasteiger partial charge in [0, 0.05) is 29.3 Å². The molecule has 4 aromatic rings. The minimum absolute atomic E-state index is 0.0802. The van der Waals surface area contributed by atoms with Gasteiger partial charge < -0.3 is 20.7 Å².